The monoisotopic (exact) mass is 528 g/mol. The maximum atomic E-state index is 13.1. The molecule has 0 aliphatic rings. The molecule has 0 amide bonds. The lowest BCUT2D eigenvalue weighted by Gasteiger charge is -2.40. The summed E-state index contributed by atoms with van der Waals surface area (Å²) in [5, 5.41) is 0.0923. The summed E-state index contributed by atoms with van der Waals surface area (Å²) in [5.41, 5.74) is 1.93. The zero-order chi connectivity index (χ0) is 22.7. The highest BCUT2D eigenvalue weighted by atomic mass is 127. The van der Waals surface area contributed by atoms with Gasteiger partial charge in [-0.05, 0) is 66.5 Å². The Morgan fingerprint density at radius 3 is 2.34 bits per heavy atom. The second-order valence-electron chi connectivity index (χ2n) is 9.21. The van der Waals surface area contributed by atoms with Gasteiger partial charge in [0, 0.05) is 5.92 Å². The number of Topliss-reactive ketones (excluding diaryl/α,β-unsaturated/α-hetero) is 1. The first-order valence-electron chi connectivity index (χ1n) is 10.5. The van der Waals surface area contributed by atoms with Crippen LogP contribution in [0, 0.1) is 5.92 Å². The molecule has 0 aliphatic carbocycles. The van der Waals surface area contributed by atoms with Gasteiger partial charge >= 0.3 is 0 Å². The first-order chi connectivity index (χ1) is 13.4. The molecule has 0 aromatic rings. The van der Waals surface area contributed by atoms with Gasteiger partial charge in [-0.1, -0.05) is 86.7 Å². The summed E-state index contributed by atoms with van der Waals surface area (Å²) in [7, 11) is -2.00. The van der Waals surface area contributed by atoms with Crippen LogP contribution in [0.15, 0.2) is 58.3 Å². The minimum absolute atomic E-state index is 0.0923. The molecule has 0 aliphatic heterocycles. The zero-order valence-corrected chi connectivity index (χ0v) is 22.9. The Balaban J connectivity index is 5.46. The molecule has 0 aromatic carbocycles. The van der Waals surface area contributed by atoms with Crippen molar-refractivity contribution in [1.82, 2.24) is 0 Å². The maximum absolute atomic E-state index is 13.1. The molecular weight excluding hydrogens is 487 g/mol. The predicted octanol–water partition coefficient (Wildman–Crippen LogP) is 8.34. The van der Waals surface area contributed by atoms with E-state index in [1.807, 2.05) is 36.2 Å². The summed E-state index contributed by atoms with van der Waals surface area (Å²) in [6.45, 7) is 20.8. The number of ketones is 1. The Morgan fingerprint density at radius 2 is 1.83 bits per heavy atom. The van der Waals surface area contributed by atoms with E-state index in [-0.39, 0.29) is 22.8 Å². The van der Waals surface area contributed by atoms with Gasteiger partial charge in [-0.2, -0.15) is 0 Å². The predicted molar refractivity (Wildman–Crippen MR) is 140 cm³/mol. The summed E-state index contributed by atoms with van der Waals surface area (Å²) in [6, 6.07) is 0. The first-order valence-corrected chi connectivity index (χ1v) is 14.6. The van der Waals surface area contributed by atoms with Crippen LogP contribution in [0.1, 0.15) is 60.8 Å². The van der Waals surface area contributed by atoms with Gasteiger partial charge in [0.05, 0.1) is 6.10 Å². The highest BCUT2D eigenvalue weighted by Crippen LogP contribution is 2.38. The molecule has 164 valence electrons. The number of hydrogen-bond acceptors (Lipinski definition) is 2. The maximum Gasteiger partial charge on any atom is 0.192 e. The third kappa shape index (κ3) is 10.7. The van der Waals surface area contributed by atoms with E-state index >= 15 is 0 Å². The SMILES string of the molecule is C=CCCC/C=C/C=C(\C)C(=O)[C@@H](C)[C@@H](/C=C/C(C)=C\I)O[Si](C)(C)C(C)(C)C. The topological polar surface area (TPSA) is 26.3 Å². The largest absolute Gasteiger partial charge is 0.410 e. The van der Waals surface area contributed by atoms with Crippen LogP contribution in [0.4, 0.5) is 0 Å². The molecule has 2 atom stereocenters. The molecule has 0 heterocycles. The molecule has 0 saturated carbocycles. The third-order valence-electron chi connectivity index (χ3n) is 5.51. The third-order valence-corrected chi connectivity index (χ3v) is 11.0. The lowest BCUT2D eigenvalue weighted by atomic mass is 9.94. The van der Waals surface area contributed by atoms with Crippen molar-refractivity contribution in [3.8, 4) is 0 Å². The van der Waals surface area contributed by atoms with Crippen LogP contribution in [-0.4, -0.2) is 20.2 Å². The fourth-order valence-corrected chi connectivity index (χ4v) is 3.91. The van der Waals surface area contributed by atoms with E-state index in [1.165, 1.54) is 0 Å². The lowest BCUT2D eigenvalue weighted by molar-refractivity contribution is -0.120. The summed E-state index contributed by atoms with van der Waals surface area (Å²) < 4.78 is 8.68. The molecule has 0 saturated heterocycles. The number of unbranched alkanes of at least 4 members (excludes halogenated alkanes) is 2. The molecular formula is C25H41IO2Si. The van der Waals surface area contributed by atoms with Crippen molar-refractivity contribution in [3.05, 3.63) is 58.3 Å². The number of halogens is 1. The Kier molecular flexibility index (Phi) is 13.2. The molecule has 4 heteroatoms. The van der Waals surface area contributed by atoms with Crippen LogP contribution in [0.2, 0.25) is 18.1 Å². The minimum atomic E-state index is -2.00. The Hall–Kier alpha value is -0.723. The van der Waals surface area contributed by atoms with Gasteiger partial charge in [0.1, 0.15) is 0 Å². The highest BCUT2D eigenvalue weighted by Gasteiger charge is 2.40. The van der Waals surface area contributed by atoms with E-state index in [1.54, 1.807) is 0 Å². The first kappa shape index (κ1) is 28.3. The van der Waals surface area contributed by atoms with Crippen LogP contribution >= 0.6 is 22.6 Å². The molecule has 0 fully saturated rings. The van der Waals surface area contributed by atoms with E-state index < -0.39 is 8.32 Å². The molecule has 0 N–H and O–H groups in total. The minimum Gasteiger partial charge on any atom is -0.410 e. The standard InChI is InChI=1S/C25H41IO2Si/c1-10-11-12-13-14-15-16-21(3)24(27)22(4)23(18-17-20(2)19-26)28-29(8,9)25(5,6)7/h10,14-19,22-23H,1,11-13H2,2-9H3/b15-14+,18-17+,20-19-,21-16+/t22-,23+/m0/s1. The summed E-state index contributed by atoms with van der Waals surface area (Å²) >= 11 is 2.24. The van der Waals surface area contributed by atoms with Crippen molar-refractivity contribution < 1.29 is 9.22 Å². The second-order valence-corrected chi connectivity index (χ2v) is 14.6. The van der Waals surface area contributed by atoms with Crippen molar-refractivity contribution in [2.45, 2.75) is 85.0 Å². The van der Waals surface area contributed by atoms with Gasteiger partial charge in [0.15, 0.2) is 14.1 Å². The van der Waals surface area contributed by atoms with Crippen LogP contribution in [0.25, 0.3) is 0 Å². The van der Waals surface area contributed by atoms with E-state index in [0.717, 1.165) is 30.4 Å². The van der Waals surface area contributed by atoms with E-state index in [0.29, 0.717) is 0 Å². The molecule has 0 bridgehead atoms. The van der Waals surface area contributed by atoms with Gasteiger partial charge in [-0.3, -0.25) is 4.79 Å². The van der Waals surface area contributed by atoms with Gasteiger partial charge in [0.25, 0.3) is 0 Å². The van der Waals surface area contributed by atoms with Crippen LogP contribution < -0.4 is 0 Å². The second kappa shape index (κ2) is 13.6. The van der Waals surface area contributed by atoms with Crippen molar-refractivity contribution in [3.63, 3.8) is 0 Å². The number of hydrogen-bond donors (Lipinski definition) is 0. The van der Waals surface area contributed by atoms with E-state index in [2.05, 4.69) is 88.2 Å². The molecule has 0 radical (unpaired) electrons. The summed E-state index contributed by atoms with van der Waals surface area (Å²) in [4.78, 5) is 13.1. The van der Waals surface area contributed by atoms with Crippen molar-refractivity contribution in [2.24, 2.45) is 5.92 Å². The average Bonchev–Trinajstić information content (AvgIpc) is 2.65. The number of carbonyl (C=O) groups excluding carboxylic acids is 1. The lowest BCUT2D eigenvalue weighted by Crippen LogP contribution is -2.46. The Morgan fingerprint density at radius 1 is 1.21 bits per heavy atom. The van der Waals surface area contributed by atoms with Crippen molar-refractivity contribution in [2.75, 3.05) is 0 Å². The van der Waals surface area contributed by atoms with Crippen LogP contribution in [0.3, 0.4) is 0 Å². The van der Waals surface area contributed by atoms with Crippen molar-refractivity contribution in [1.29, 1.82) is 0 Å². The number of rotatable bonds is 12. The normalized spacial score (nSPS) is 16.4. The Bertz CT molecular complexity index is 648. The van der Waals surface area contributed by atoms with Gasteiger partial charge < -0.3 is 4.43 Å². The fourth-order valence-electron chi connectivity index (χ4n) is 2.39. The van der Waals surface area contributed by atoms with Gasteiger partial charge in [-0.25, -0.2) is 0 Å². The Labute approximate surface area is 194 Å². The quantitative estimate of drug-likeness (QED) is 0.0636. The van der Waals surface area contributed by atoms with E-state index in [4.69, 9.17) is 4.43 Å². The molecule has 0 aromatic heterocycles. The number of allylic oxidation sites excluding steroid dienone is 7. The smallest absolute Gasteiger partial charge is 0.192 e. The number of carbonyl (C=O) groups is 1. The van der Waals surface area contributed by atoms with Gasteiger partial charge in [0.2, 0.25) is 0 Å². The average molecular weight is 529 g/mol. The summed E-state index contributed by atoms with van der Waals surface area (Å²) in [5.74, 6) is -0.0852. The molecule has 0 unspecified atom stereocenters. The van der Waals surface area contributed by atoms with E-state index in [9.17, 15) is 4.79 Å². The highest BCUT2D eigenvalue weighted by molar-refractivity contribution is 14.1. The van der Waals surface area contributed by atoms with Gasteiger partial charge in [-0.15, -0.1) is 6.58 Å². The molecule has 0 spiro atoms. The zero-order valence-electron chi connectivity index (χ0n) is 19.7. The summed E-state index contributed by atoms with van der Waals surface area (Å²) in [6.07, 6.45) is 15.0. The molecule has 0 rings (SSSR count). The molecule has 2 nitrogen and oxygen atoms in total. The van der Waals surface area contributed by atoms with Crippen LogP contribution in [-0.2, 0) is 9.22 Å². The fraction of sp³-hybridized carbons (Fsp3) is 0.560. The molecule has 29 heavy (non-hydrogen) atoms. The van der Waals surface area contributed by atoms with Crippen molar-refractivity contribution >= 4 is 36.7 Å². The van der Waals surface area contributed by atoms with Crippen LogP contribution in [0.5, 0.6) is 0 Å².